The molecule has 0 spiro atoms. The van der Waals surface area contributed by atoms with Crippen LogP contribution >= 0.6 is 0 Å². The first-order valence-electron chi connectivity index (χ1n) is 9.50. The molecule has 1 aliphatic heterocycles. The number of hydrogen-bond donors (Lipinski definition) is 2. The highest BCUT2D eigenvalue weighted by Crippen LogP contribution is 2.12. The van der Waals surface area contributed by atoms with Gasteiger partial charge in [-0.25, -0.2) is 0 Å². The van der Waals surface area contributed by atoms with Crippen molar-refractivity contribution in [2.75, 3.05) is 33.2 Å². The van der Waals surface area contributed by atoms with Crippen molar-refractivity contribution < 1.29 is 4.52 Å². The van der Waals surface area contributed by atoms with Crippen molar-refractivity contribution in [2.45, 2.75) is 58.9 Å². The normalized spacial score (nSPS) is 17.5. The van der Waals surface area contributed by atoms with Crippen LogP contribution < -0.4 is 10.6 Å². The zero-order chi connectivity index (χ0) is 18.2. The Kier molecular flexibility index (Phi) is 7.68. The summed E-state index contributed by atoms with van der Waals surface area (Å²) in [6.45, 7) is 12.9. The highest BCUT2D eigenvalue weighted by molar-refractivity contribution is 5.79. The lowest BCUT2D eigenvalue weighted by molar-refractivity contribution is 0.187. The van der Waals surface area contributed by atoms with Crippen LogP contribution in [0.5, 0.6) is 0 Å². The van der Waals surface area contributed by atoms with E-state index in [-0.39, 0.29) is 0 Å². The topological polar surface area (TPSA) is 78.6 Å². The maximum Gasteiger partial charge on any atom is 0.228 e. The predicted molar refractivity (Wildman–Crippen MR) is 101 cm³/mol. The fourth-order valence-electron chi connectivity index (χ4n) is 3.06. The monoisotopic (exact) mass is 350 g/mol. The number of aliphatic imine (C=N–C) groups is 1. The van der Waals surface area contributed by atoms with Crippen molar-refractivity contribution in [2.24, 2.45) is 10.9 Å². The van der Waals surface area contributed by atoms with Crippen LogP contribution in [0.3, 0.4) is 0 Å². The average Bonchev–Trinajstić information content (AvgIpc) is 3.04. The first-order chi connectivity index (χ1) is 12.0. The van der Waals surface area contributed by atoms with E-state index in [1.807, 2.05) is 7.05 Å². The number of nitrogens with zero attached hydrogens (tertiary/aromatic N) is 4. The second-order valence-electron chi connectivity index (χ2n) is 7.56. The van der Waals surface area contributed by atoms with Crippen LogP contribution in [-0.2, 0) is 6.42 Å². The van der Waals surface area contributed by atoms with Gasteiger partial charge in [-0.3, -0.25) is 4.99 Å². The van der Waals surface area contributed by atoms with Crippen molar-refractivity contribution in [3.63, 3.8) is 0 Å². The molecule has 0 saturated carbocycles. The van der Waals surface area contributed by atoms with Crippen LogP contribution in [0.1, 0.15) is 58.2 Å². The Bertz CT molecular complexity index is 531. The van der Waals surface area contributed by atoms with Gasteiger partial charge in [0.1, 0.15) is 0 Å². The molecule has 25 heavy (non-hydrogen) atoms. The molecule has 1 fully saturated rings. The number of aromatic nitrogens is 2. The van der Waals surface area contributed by atoms with Gasteiger partial charge >= 0.3 is 0 Å². The van der Waals surface area contributed by atoms with Gasteiger partial charge in [0.15, 0.2) is 11.8 Å². The van der Waals surface area contributed by atoms with Crippen LogP contribution in [0, 0.1) is 5.92 Å². The summed E-state index contributed by atoms with van der Waals surface area (Å²) in [6.07, 6.45) is 3.02. The Morgan fingerprint density at radius 3 is 2.56 bits per heavy atom. The molecule has 1 aliphatic rings. The molecule has 0 amide bonds. The second-order valence-corrected chi connectivity index (χ2v) is 7.56. The summed E-state index contributed by atoms with van der Waals surface area (Å²) in [5, 5.41) is 10.9. The Labute approximate surface area is 151 Å². The van der Waals surface area contributed by atoms with Crippen LogP contribution in [0.2, 0.25) is 0 Å². The molecule has 0 aliphatic carbocycles. The number of piperidine rings is 1. The highest BCUT2D eigenvalue weighted by atomic mass is 16.5. The number of guanidine groups is 1. The molecular formula is C18H34N6O. The van der Waals surface area contributed by atoms with Crippen molar-refractivity contribution in [3.05, 3.63) is 11.7 Å². The highest BCUT2D eigenvalue weighted by Gasteiger charge is 2.20. The minimum Gasteiger partial charge on any atom is -0.356 e. The molecule has 1 aromatic rings. The Hall–Kier alpha value is -1.63. The van der Waals surface area contributed by atoms with Gasteiger partial charge in [-0.2, -0.15) is 4.98 Å². The second kappa shape index (κ2) is 9.75. The van der Waals surface area contributed by atoms with Gasteiger partial charge in [-0.1, -0.05) is 32.9 Å². The molecule has 142 valence electrons. The molecule has 1 saturated heterocycles. The molecule has 2 rings (SSSR count). The molecule has 0 bridgehead atoms. The third-order valence-corrected chi connectivity index (χ3v) is 4.41. The predicted octanol–water partition coefficient (Wildman–Crippen LogP) is 2.02. The number of rotatable bonds is 7. The van der Waals surface area contributed by atoms with E-state index in [0.29, 0.717) is 24.3 Å². The summed E-state index contributed by atoms with van der Waals surface area (Å²) < 4.78 is 5.27. The first kappa shape index (κ1) is 19.7. The average molecular weight is 351 g/mol. The standard InChI is InChI=1S/C18H34N6O/c1-13(2)12-24-10-7-15(8-11-24)21-18(19-5)20-9-6-16-22-17(14(3)4)23-25-16/h13-15H,6-12H2,1-5H3,(H2,19,20,21). The molecule has 7 nitrogen and oxygen atoms in total. The van der Waals surface area contributed by atoms with Gasteiger partial charge in [0, 0.05) is 51.6 Å². The van der Waals surface area contributed by atoms with Gasteiger partial charge in [-0.05, 0) is 18.8 Å². The summed E-state index contributed by atoms with van der Waals surface area (Å²) in [7, 11) is 1.81. The first-order valence-corrected chi connectivity index (χ1v) is 9.50. The van der Waals surface area contributed by atoms with Gasteiger partial charge < -0.3 is 20.1 Å². The third-order valence-electron chi connectivity index (χ3n) is 4.41. The molecule has 0 atom stereocenters. The maximum absolute atomic E-state index is 5.27. The molecule has 2 N–H and O–H groups in total. The third kappa shape index (κ3) is 6.65. The Morgan fingerprint density at radius 1 is 1.28 bits per heavy atom. The largest absolute Gasteiger partial charge is 0.356 e. The van der Waals surface area contributed by atoms with E-state index in [9.17, 15) is 0 Å². The fourth-order valence-corrected chi connectivity index (χ4v) is 3.06. The molecule has 1 aromatic heterocycles. The molecule has 0 radical (unpaired) electrons. The summed E-state index contributed by atoms with van der Waals surface area (Å²) in [6, 6.07) is 0.491. The van der Waals surface area contributed by atoms with Crippen LogP contribution in [0.15, 0.2) is 9.52 Å². The van der Waals surface area contributed by atoms with E-state index in [1.165, 1.54) is 6.54 Å². The zero-order valence-corrected chi connectivity index (χ0v) is 16.4. The van der Waals surface area contributed by atoms with E-state index in [0.717, 1.165) is 50.2 Å². The lowest BCUT2D eigenvalue weighted by Gasteiger charge is -2.33. The molecule has 0 aromatic carbocycles. The lowest BCUT2D eigenvalue weighted by atomic mass is 10.0. The molecule has 7 heteroatoms. The van der Waals surface area contributed by atoms with Gasteiger partial charge in [-0.15, -0.1) is 0 Å². The van der Waals surface area contributed by atoms with Crippen LogP contribution in [-0.4, -0.2) is 60.3 Å². The Balaban J connectivity index is 1.68. The van der Waals surface area contributed by atoms with E-state index in [4.69, 9.17) is 4.52 Å². The summed E-state index contributed by atoms with van der Waals surface area (Å²) >= 11 is 0. The van der Waals surface area contributed by atoms with E-state index in [1.54, 1.807) is 0 Å². The SMILES string of the molecule is CN=C(NCCc1nc(C(C)C)no1)NC1CCN(CC(C)C)CC1. The number of nitrogens with one attached hydrogen (secondary N) is 2. The minimum absolute atomic E-state index is 0.293. The smallest absolute Gasteiger partial charge is 0.228 e. The van der Waals surface area contributed by atoms with Crippen LogP contribution in [0.4, 0.5) is 0 Å². The minimum atomic E-state index is 0.293. The Morgan fingerprint density at radius 2 is 2.00 bits per heavy atom. The van der Waals surface area contributed by atoms with Gasteiger partial charge in [0.2, 0.25) is 5.89 Å². The zero-order valence-electron chi connectivity index (χ0n) is 16.4. The van der Waals surface area contributed by atoms with Crippen molar-refractivity contribution in [1.82, 2.24) is 25.7 Å². The van der Waals surface area contributed by atoms with Gasteiger partial charge in [0.05, 0.1) is 0 Å². The maximum atomic E-state index is 5.27. The lowest BCUT2D eigenvalue weighted by Crippen LogP contribution is -2.49. The summed E-state index contributed by atoms with van der Waals surface area (Å²) in [5.74, 6) is 3.33. The number of likely N-dealkylation sites (tertiary alicyclic amines) is 1. The van der Waals surface area contributed by atoms with Crippen LogP contribution in [0.25, 0.3) is 0 Å². The van der Waals surface area contributed by atoms with E-state index >= 15 is 0 Å². The number of hydrogen-bond acceptors (Lipinski definition) is 5. The summed E-state index contributed by atoms with van der Waals surface area (Å²) in [4.78, 5) is 11.3. The molecular weight excluding hydrogens is 316 g/mol. The van der Waals surface area contributed by atoms with E-state index < -0.39 is 0 Å². The fraction of sp³-hybridized carbons (Fsp3) is 0.833. The van der Waals surface area contributed by atoms with E-state index in [2.05, 4.69) is 58.4 Å². The van der Waals surface area contributed by atoms with Gasteiger partial charge in [0.25, 0.3) is 0 Å². The quantitative estimate of drug-likeness (QED) is 0.579. The van der Waals surface area contributed by atoms with Crippen molar-refractivity contribution >= 4 is 5.96 Å². The van der Waals surface area contributed by atoms with Crippen molar-refractivity contribution in [1.29, 1.82) is 0 Å². The summed E-state index contributed by atoms with van der Waals surface area (Å²) in [5.41, 5.74) is 0. The molecule has 0 unspecified atom stereocenters. The van der Waals surface area contributed by atoms with Crippen molar-refractivity contribution in [3.8, 4) is 0 Å². The molecule has 2 heterocycles.